The molecule has 0 spiro atoms. The summed E-state index contributed by atoms with van der Waals surface area (Å²) < 4.78 is 0. The first-order valence-corrected chi connectivity index (χ1v) is 6.64. The maximum absolute atomic E-state index is 12.1. The lowest BCUT2D eigenvalue weighted by Crippen LogP contribution is -2.33. The maximum Gasteiger partial charge on any atom is 0.223 e. The minimum atomic E-state index is 0.279. The second kappa shape index (κ2) is 4.52. The number of nitrogens with one attached hydrogen (secondary N) is 1. The molecule has 2 nitrogen and oxygen atoms in total. The summed E-state index contributed by atoms with van der Waals surface area (Å²) in [6.07, 6.45) is 5.05. The average Bonchev–Trinajstić information content (AvgIpc) is 2.99. The fourth-order valence-electron chi connectivity index (χ4n) is 3.48. The summed E-state index contributed by atoms with van der Waals surface area (Å²) in [5, 5.41) is 3.09. The number of hydrogen-bond donors (Lipinski definition) is 1. The van der Waals surface area contributed by atoms with Crippen LogP contribution in [0.3, 0.4) is 0 Å². The van der Waals surface area contributed by atoms with Crippen molar-refractivity contribution in [3.05, 3.63) is 35.9 Å². The Morgan fingerprint density at radius 1 is 1.18 bits per heavy atom. The second-order valence-corrected chi connectivity index (χ2v) is 5.48. The van der Waals surface area contributed by atoms with Gasteiger partial charge in [0, 0.05) is 12.5 Å². The van der Waals surface area contributed by atoms with Crippen molar-refractivity contribution in [2.45, 2.75) is 32.2 Å². The van der Waals surface area contributed by atoms with Crippen molar-refractivity contribution in [2.24, 2.45) is 17.8 Å². The Bertz CT molecular complexity index is 401. The third-order valence-corrected chi connectivity index (χ3v) is 4.38. The second-order valence-electron chi connectivity index (χ2n) is 5.48. The molecule has 3 rings (SSSR count). The summed E-state index contributed by atoms with van der Waals surface area (Å²) in [7, 11) is 0. The van der Waals surface area contributed by atoms with Gasteiger partial charge < -0.3 is 5.32 Å². The Morgan fingerprint density at radius 3 is 2.65 bits per heavy atom. The van der Waals surface area contributed by atoms with Crippen LogP contribution in [-0.2, 0) is 11.3 Å². The molecule has 1 amide bonds. The molecule has 0 aliphatic heterocycles. The van der Waals surface area contributed by atoms with E-state index in [1.807, 2.05) is 18.2 Å². The Hall–Kier alpha value is -1.31. The van der Waals surface area contributed by atoms with Gasteiger partial charge in [-0.05, 0) is 36.7 Å². The highest BCUT2D eigenvalue weighted by Gasteiger charge is 2.42. The van der Waals surface area contributed by atoms with Crippen LogP contribution in [0.2, 0.25) is 0 Å². The van der Waals surface area contributed by atoms with Crippen LogP contribution in [0.4, 0.5) is 0 Å². The lowest BCUT2D eigenvalue weighted by atomic mass is 9.88. The molecule has 2 aliphatic carbocycles. The van der Waals surface area contributed by atoms with E-state index in [2.05, 4.69) is 17.4 Å². The SMILES string of the molecule is O=C(NCc1ccccc1)[C@@H]1C[C@H]2CC[C@@H]1C2. The van der Waals surface area contributed by atoms with Gasteiger partial charge >= 0.3 is 0 Å². The van der Waals surface area contributed by atoms with Crippen LogP contribution in [-0.4, -0.2) is 5.91 Å². The van der Waals surface area contributed by atoms with E-state index >= 15 is 0 Å². The van der Waals surface area contributed by atoms with Crippen LogP contribution in [0.25, 0.3) is 0 Å². The monoisotopic (exact) mass is 229 g/mol. The number of benzene rings is 1. The zero-order valence-electron chi connectivity index (χ0n) is 10.1. The van der Waals surface area contributed by atoms with Gasteiger partial charge in [0.15, 0.2) is 0 Å². The van der Waals surface area contributed by atoms with Gasteiger partial charge in [-0.1, -0.05) is 36.8 Å². The number of hydrogen-bond acceptors (Lipinski definition) is 1. The van der Waals surface area contributed by atoms with Crippen molar-refractivity contribution in [1.29, 1.82) is 0 Å². The number of rotatable bonds is 3. The van der Waals surface area contributed by atoms with Gasteiger partial charge in [0.25, 0.3) is 0 Å². The van der Waals surface area contributed by atoms with E-state index in [0.29, 0.717) is 18.4 Å². The minimum absolute atomic E-state index is 0.279. The molecular formula is C15H19NO. The van der Waals surface area contributed by atoms with E-state index in [1.54, 1.807) is 0 Å². The molecule has 0 radical (unpaired) electrons. The number of carbonyl (C=O) groups excluding carboxylic acids is 1. The number of amides is 1. The molecule has 0 saturated heterocycles. The molecule has 2 bridgehead atoms. The largest absolute Gasteiger partial charge is 0.352 e. The van der Waals surface area contributed by atoms with E-state index in [0.717, 1.165) is 12.3 Å². The van der Waals surface area contributed by atoms with E-state index in [1.165, 1.54) is 24.8 Å². The highest BCUT2D eigenvalue weighted by Crippen LogP contribution is 2.48. The molecule has 1 aromatic carbocycles. The molecule has 90 valence electrons. The minimum Gasteiger partial charge on any atom is -0.352 e. The molecule has 2 saturated carbocycles. The summed E-state index contributed by atoms with van der Waals surface area (Å²) in [6.45, 7) is 0.674. The fourth-order valence-corrected chi connectivity index (χ4v) is 3.48. The highest BCUT2D eigenvalue weighted by atomic mass is 16.1. The fraction of sp³-hybridized carbons (Fsp3) is 0.533. The molecule has 3 atom stereocenters. The maximum atomic E-state index is 12.1. The molecule has 0 unspecified atom stereocenters. The van der Waals surface area contributed by atoms with Gasteiger partial charge in [0.1, 0.15) is 0 Å². The van der Waals surface area contributed by atoms with Crippen molar-refractivity contribution in [2.75, 3.05) is 0 Å². The summed E-state index contributed by atoms with van der Waals surface area (Å²) in [5.41, 5.74) is 1.18. The molecule has 0 aromatic heterocycles. The molecular weight excluding hydrogens is 210 g/mol. The van der Waals surface area contributed by atoms with Crippen LogP contribution < -0.4 is 5.32 Å². The van der Waals surface area contributed by atoms with Gasteiger partial charge in [-0.3, -0.25) is 4.79 Å². The van der Waals surface area contributed by atoms with Crippen molar-refractivity contribution in [3.63, 3.8) is 0 Å². The van der Waals surface area contributed by atoms with Gasteiger partial charge in [0.2, 0.25) is 5.91 Å². The van der Waals surface area contributed by atoms with Crippen molar-refractivity contribution >= 4 is 5.91 Å². The average molecular weight is 229 g/mol. The van der Waals surface area contributed by atoms with Gasteiger partial charge in [0.05, 0.1) is 0 Å². The Labute approximate surface area is 102 Å². The Balaban J connectivity index is 1.54. The van der Waals surface area contributed by atoms with E-state index in [9.17, 15) is 4.79 Å². The molecule has 1 aromatic rings. The van der Waals surface area contributed by atoms with Crippen LogP contribution in [0.1, 0.15) is 31.2 Å². The lowest BCUT2D eigenvalue weighted by Gasteiger charge is -2.20. The molecule has 2 fully saturated rings. The topological polar surface area (TPSA) is 29.1 Å². The summed E-state index contributed by atoms with van der Waals surface area (Å²) >= 11 is 0. The zero-order valence-corrected chi connectivity index (χ0v) is 10.1. The predicted molar refractivity (Wildman–Crippen MR) is 67.2 cm³/mol. The first kappa shape index (κ1) is 10.8. The third kappa shape index (κ3) is 2.21. The normalized spacial score (nSPS) is 30.5. The quantitative estimate of drug-likeness (QED) is 0.848. The summed E-state index contributed by atoms with van der Waals surface area (Å²) in [6, 6.07) is 10.1. The predicted octanol–water partition coefficient (Wildman–Crippen LogP) is 2.74. The van der Waals surface area contributed by atoms with Crippen LogP contribution in [0.5, 0.6) is 0 Å². The standard InChI is InChI=1S/C15H19NO/c17-15(14-9-12-6-7-13(14)8-12)16-10-11-4-2-1-3-5-11/h1-5,12-14H,6-10H2,(H,16,17)/t12-,13+,14+/m0/s1. The van der Waals surface area contributed by atoms with Gasteiger partial charge in [-0.2, -0.15) is 0 Å². The van der Waals surface area contributed by atoms with Crippen LogP contribution in [0, 0.1) is 17.8 Å². The number of fused-ring (bicyclic) bond motifs is 2. The van der Waals surface area contributed by atoms with Gasteiger partial charge in [-0.15, -0.1) is 0 Å². The molecule has 1 N–H and O–H groups in total. The first-order valence-electron chi connectivity index (χ1n) is 6.64. The molecule has 2 aliphatic rings. The van der Waals surface area contributed by atoms with E-state index < -0.39 is 0 Å². The Kier molecular flexibility index (Phi) is 2.87. The van der Waals surface area contributed by atoms with Gasteiger partial charge in [-0.25, -0.2) is 0 Å². The zero-order chi connectivity index (χ0) is 11.7. The molecule has 0 heterocycles. The van der Waals surface area contributed by atoms with E-state index in [4.69, 9.17) is 0 Å². The summed E-state index contributed by atoms with van der Waals surface area (Å²) in [4.78, 5) is 12.1. The van der Waals surface area contributed by atoms with Crippen molar-refractivity contribution < 1.29 is 4.79 Å². The third-order valence-electron chi connectivity index (χ3n) is 4.38. The van der Waals surface area contributed by atoms with Crippen molar-refractivity contribution in [1.82, 2.24) is 5.32 Å². The summed E-state index contributed by atoms with van der Waals surface area (Å²) in [5.74, 6) is 2.10. The van der Waals surface area contributed by atoms with Crippen LogP contribution >= 0.6 is 0 Å². The lowest BCUT2D eigenvalue weighted by molar-refractivity contribution is -0.126. The first-order chi connectivity index (χ1) is 8.33. The number of carbonyl (C=O) groups is 1. The van der Waals surface area contributed by atoms with Crippen molar-refractivity contribution in [3.8, 4) is 0 Å². The van der Waals surface area contributed by atoms with Crippen LogP contribution in [0.15, 0.2) is 30.3 Å². The Morgan fingerprint density at radius 2 is 2.00 bits per heavy atom. The smallest absolute Gasteiger partial charge is 0.223 e. The molecule has 17 heavy (non-hydrogen) atoms. The van der Waals surface area contributed by atoms with E-state index in [-0.39, 0.29) is 5.91 Å². The molecule has 2 heteroatoms. The highest BCUT2D eigenvalue weighted by molar-refractivity contribution is 5.79.